The fraction of sp³-hybridized carbons (Fsp3) is 0.917. The molecule has 1 aliphatic carbocycles. The van der Waals surface area contributed by atoms with Gasteiger partial charge in [0.25, 0.3) is 0 Å². The number of carbonyl (C=O) groups is 1. The van der Waals surface area contributed by atoms with Gasteiger partial charge in [0.2, 0.25) is 5.91 Å². The lowest BCUT2D eigenvalue weighted by atomic mass is 9.82. The van der Waals surface area contributed by atoms with E-state index >= 15 is 0 Å². The molecule has 0 aromatic carbocycles. The second-order valence-corrected chi connectivity index (χ2v) is 5.05. The van der Waals surface area contributed by atoms with Crippen LogP contribution in [0.3, 0.4) is 0 Å². The van der Waals surface area contributed by atoms with Gasteiger partial charge in [-0.05, 0) is 25.8 Å². The van der Waals surface area contributed by atoms with Gasteiger partial charge in [-0.1, -0.05) is 6.42 Å². The highest BCUT2D eigenvalue weighted by Crippen LogP contribution is 2.48. The molecule has 1 heterocycles. The number of hydrogen-bond acceptors (Lipinski definition) is 3. The number of methoxy groups -OCH3 is 1. The van der Waals surface area contributed by atoms with Gasteiger partial charge in [0.05, 0.1) is 13.0 Å². The van der Waals surface area contributed by atoms with Crippen molar-refractivity contribution in [2.75, 3.05) is 26.8 Å². The molecule has 2 fully saturated rings. The Bertz CT molecular complexity index is 270. The molecule has 1 saturated heterocycles. The van der Waals surface area contributed by atoms with Crippen molar-refractivity contribution in [1.82, 2.24) is 4.90 Å². The number of hydrogen-bond donors (Lipinski definition) is 1. The van der Waals surface area contributed by atoms with Crippen LogP contribution in [0.1, 0.15) is 32.1 Å². The summed E-state index contributed by atoms with van der Waals surface area (Å²) < 4.78 is 4.96. The van der Waals surface area contributed by atoms with Crippen molar-refractivity contribution in [2.24, 2.45) is 11.1 Å². The van der Waals surface area contributed by atoms with Gasteiger partial charge >= 0.3 is 0 Å². The summed E-state index contributed by atoms with van der Waals surface area (Å²) in [5.74, 6) is 0.240. The van der Waals surface area contributed by atoms with Crippen molar-refractivity contribution >= 4 is 5.91 Å². The molecule has 1 saturated carbocycles. The molecule has 0 aromatic heterocycles. The third-order valence-corrected chi connectivity index (χ3v) is 4.33. The van der Waals surface area contributed by atoms with Gasteiger partial charge in [0.1, 0.15) is 0 Å². The first-order chi connectivity index (χ1) is 7.73. The molecule has 1 amide bonds. The fourth-order valence-electron chi connectivity index (χ4n) is 3.37. The zero-order valence-corrected chi connectivity index (χ0v) is 10.1. The molecule has 0 aromatic rings. The Kier molecular flexibility index (Phi) is 3.50. The lowest BCUT2D eigenvalue weighted by Gasteiger charge is -2.31. The van der Waals surface area contributed by atoms with Crippen LogP contribution in [0.25, 0.3) is 0 Å². The average Bonchev–Trinajstić information content (AvgIpc) is 2.83. The molecule has 16 heavy (non-hydrogen) atoms. The average molecular weight is 226 g/mol. The number of nitrogens with two attached hydrogens (primary N) is 1. The van der Waals surface area contributed by atoms with Gasteiger partial charge in [0, 0.05) is 25.1 Å². The number of likely N-dealkylation sites (tertiary alicyclic amines) is 1. The number of carbonyl (C=O) groups excluding carboxylic acids is 1. The summed E-state index contributed by atoms with van der Waals surface area (Å²) in [5, 5.41) is 0. The second-order valence-electron chi connectivity index (χ2n) is 5.05. The van der Waals surface area contributed by atoms with Crippen molar-refractivity contribution in [3.63, 3.8) is 0 Å². The third-order valence-electron chi connectivity index (χ3n) is 4.33. The molecular formula is C12H22N2O2. The van der Waals surface area contributed by atoms with Gasteiger partial charge in [-0.2, -0.15) is 0 Å². The van der Waals surface area contributed by atoms with E-state index in [2.05, 4.69) is 4.90 Å². The summed E-state index contributed by atoms with van der Waals surface area (Å²) in [5.41, 5.74) is 6.15. The first-order valence-electron chi connectivity index (χ1n) is 6.22. The second kappa shape index (κ2) is 4.72. The van der Waals surface area contributed by atoms with Gasteiger partial charge in [0.15, 0.2) is 0 Å². The molecule has 2 atom stereocenters. The van der Waals surface area contributed by atoms with E-state index in [1.165, 1.54) is 12.8 Å². The van der Waals surface area contributed by atoms with Crippen molar-refractivity contribution in [1.29, 1.82) is 0 Å². The topological polar surface area (TPSA) is 55.6 Å². The van der Waals surface area contributed by atoms with Crippen molar-refractivity contribution in [3.8, 4) is 0 Å². The van der Waals surface area contributed by atoms with Crippen LogP contribution in [0.5, 0.6) is 0 Å². The number of nitrogens with zero attached hydrogens (tertiary/aromatic N) is 1. The zero-order valence-electron chi connectivity index (χ0n) is 10.1. The molecule has 2 N–H and O–H groups in total. The summed E-state index contributed by atoms with van der Waals surface area (Å²) in [6, 6.07) is 0.404. The van der Waals surface area contributed by atoms with Crippen molar-refractivity contribution < 1.29 is 9.53 Å². The predicted octanol–water partition coefficient (Wildman–Crippen LogP) is 0.753. The highest BCUT2D eigenvalue weighted by Gasteiger charge is 2.50. The molecule has 4 nitrogen and oxygen atoms in total. The van der Waals surface area contributed by atoms with Crippen molar-refractivity contribution in [2.45, 2.75) is 38.1 Å². The third kappa shape index (κ3) is 1.84. The normalized spacial score (nSPS) is 33.1. The maximum Gasteiger partial charge on any atom is 0.225 e. The van der Waals surface area contributed by atoms with E-state index in [1.54, 1.807) is 7.11 Å². The van der Waals surface area contributed by atoms with Crippen LogP contribution in [-0.2, 0) is 9.53 Å². The van der Waals surface area contributed by atoms with Gasteiger partial charge in [-0.25, -0.2) is 0 Å². The number of ether oxygens (including phenoxy) is 1. The molecule has 92 valence electrons. The first kappa shape index (κ1) is 11.9. The van der Waals surface area contributed by atoms with Crippen LogP contribution < -0.4 is 5.73 Å². The summed E-state index contributed by atoms with van der Waals surface area (Å²) in [7, 11) is 1.64. The monoisotopic (exact) mass is 226 g/mol. The molecule has 1 aliphatic heterocycles. The Labute approximate surface area is 97.1 Å². The van der Waals surface area contributed by atoms with Crippen LogP contribution >= 0.6 is 0 Å². The Morgan fingerprint density at radius 2 is 2.38 bits per heavy atom. The maximum atomic E-state index is 12.0. The Morgan fingerprint density at radius 1 is 1.56 bits per heavy atom. The smallest absolute Gasteiger partial charge is 0.225 e. The number of rotatable bonds is 4. The summed E-state index contributed by atoms with van der Waals surface area (Å²) in [4.78, 5) is 14.1. The highest BCUT2D eigenvalue weighted by molar-refractivity contribution is 5.77. The molecular weight excluding hydrogens is 204 g/mol. The van der Waals surface area contributed by atoms with Gasteiger partial charge < -0.3 is 15.4 Å². The summed E-state index contributed by atoms with van der Waals surface area (Å²) in [6.07, 6.45) is 5.15. The van der Waals surface area contributed by atoms with E-state index in [4.69, 9.17) is 10.5 Å². The summed E-state index contributed by atoms with van der Waals surface area (Å²) >= 11 is 0. The standard InChI is InChI=1S/C12H22N2O2/c1-16-8-4-11(15)14-7-6-12(9-13)5-2-3-10(12)14/h10H,2-9,13H2,1H3/t10-,12-/m1/s1. The van der Waals surface area contributed by atoms with E-state index < -0.39 is 0 Å². The lowest BCUT2D eigenvalue weighted by Crippen LogP contribution is -2.42. The van der Waals surface area contributed by atoms with E-state index in [1.807, 2.05) is 0 Å². The minimum atomic E-state index is 0.239. The molecule has 2 aliphatic rings. The van der Waals surface area contributed by atoms with Crippen LogP contribution in [0, 0.1) is 5.41 Å². The highest BCUT2D eigenvalue weighted by atomic mass is 16.5. The van der Waals surface area contributed by atoms with E-state index in [0.29, 0.717) is 19.1 Å². The minimum Gasteiger partial charge on any atom is -0.384 e. The fourth-order valence-corrected chi connectivity index (χ4v) is 3.37. The van der Waals surface area contributed by atoms with Gasteiger partial charge in [-0.3, -0.25) is 4.79 Å². The van der Waals surface area contributed by atoms with E-state index in [9.17, 15) is 4.79 Å². The molecule has 0 bridgehead atoms. The lowest BCUT2D eigenvalue weighted by molar-refractivity contribution is -0.133. The van der Waals surface area contributed by atoms with Crippen LogP contribution in [0.4, 0.5) is 0 Å². The summed E-state index contributed by atoms with van der Waals surface area (Å²) in [6.45, 7) is 2.15. The predicted molar refractivity (Wildman–Crippen MR) is 61.9 cm³/mol. The molecule has 4 heteroatoms. The maximum absolute atomic E-state index is 12.0. The van der Waals surface area contributed by atoms with Gasteiger partial charge in [-0.15, -0.1) is 0 Å². The van der Waals surface area contributed by atoms with Crippen molar-refractivity contribution in [3.05, 3.63) is 0 Å². The SMILES string of the molecule is COCCC(=O)N1CC[C@@]2(CN)CCC[C@@H]12. The number of amides is 1. The zero-order chi connectivity index (χ0) is 11.6. The van der Waals surface area contributed by atoms with Crippen LogP contribution in [0.2, 0.25) is 0 Å². The van der Waals surface area contributed by atoms with Crippen LogP contribution in [0.15, 0.2) is 0 Å². The van der Waals surface area contributed by atoms with E-state index in [0.717, 1.165) is 25.9 Å². The number of fused-ring (bicyclic) bond motifs is 1. The Hall–Kier alpha value is -0.610. The molecule has 0 radical (unpaired) electrons. The molecule has 0 spiro atoms. The molecule has 0 unspecified atom stereocenters. The first-order valence-corrected chi connectivity index (χ1v) is 6.22. The Morgan fingerprint density at radius 3 is 3.06 bits per heavy atom. The molecule has 2 rings (SSSR count). The minimum absolute atomic E-state index is 0.239. The quantitative estimate of drug-likeness (QED) is 0.769. The van der Waals surface area contributed by atoms with E-state index in [-0.39, 0.29) is 11.3 Å². The van der Waals surface area contributed by atoms with Crippen LogP contribution in [-0.4, -0.2) is 43.7 Å². The largest absolute Gasteiger partial charge is 0.384 e. The Balaban J connectivity index is 2.00.